The Balaban J connectivity index is 1.76. The van der Waals surface area contributed by atoms with Crippen LogP contribution in [0.25, 0.3) is 0 Å². The molecule has 1 heterocycles. The van der Waals surface area contributed by atoms with E-state index in [2.05, 4.69) is 0 Å². The lowest BCUT2D eigenvalue weighted by Crippen LogP contribution is -2.39. The zero-order valence-electron chi connectivity index (χ0n) is 16.4. The Morgan fingerprint density at radius 2 is 1.75 bits per heavy atom. The molecule has 1 amide bonds. The molecular formula is C20H24N2O5S. The molecule has 2 aromatic rings. The Kier molecular flexibility index (Phi) is 5.62. The molecule has 0 aliphatic carbocycles. The van der Waals surface area contributed by atoms with Crippen molar-refractivity contribution in [3.8, 4) is 11.5 Å². The zero-order chi connectivity index (χ0) is 20.5. The van der Waals surface area contributed by atoms with Crippen LogP contribution in [0.3, 0.4) is 0 Å². The van der Waals surface area contributed by atoms with Crippen LogP contribution in [-0.2, 0) is 21.2 Å². The number of hydrogen-bond acceptors (Lipinski definition) is 5. The molecule has 0 spiro atoms. The molecule has 0 radical (unpaired) electrons. The minimum absolute atomic E-state index is 0.169. The molecule has 0 aromatic heterocycles. The van der Waals surface area contributed by atoms with Gasteiger partial charge in [-0.05, 0) is 61.4 Å². The summed E-state index contributed by atoms with van der Waals surface area (Å²) in [6.07, 6.45) is -0.0721. The molecule has 0 saturated carbocycles. The number of sulfonamides is 1. The van der Waals surface area contributed by atoms with Crippen molar-refractivity contribution < 1.29 is 22.7 Å². The molecule has 1 unspecified atom stereocenters. The summed E-state index contributed by atoms with van der Waals surface area (Å²) in [7, 11) is 1.07. The fourth-order valence-corrected chi connectivity index (χ4v) is 4.06. The molecule has 0 saturated heterocycles. The van der Waals surface area contributed by atoms with Crippen LogP contribution >= 0.6 is 0 Å². The summed E-state index contributed by atoms with van der Waals surface area (Å²) in [6, 6.07) is 11.9. The highest BCUT2D eigenvalue weighted by atomic mass is 32.2. The quantitative estimate of drug-likeness (QED) is 0.738. The van der Waals surface area contributed by atoms with E-state index in [1.54, 1.807) is 55.3 Å². The second-order valence-corrected chi connectivity index (χ2v) is 8.91. The van der Waals surface area contributed by atoms with E-state index in [1.807, 2.05) is 0 Å². The van der Waals surface area contributed by atoms with E-state index in [0.717, 1.165) is 11.3 Å². The van der Waals surface area contributed by atoms with Gasteiger partial charge in [0, 0.05) is 26.3 Å². The van der Waals surface area contributed by atoms with Crippen LogP contribution < -0.4 is 14.4 Å². The molecule has 3 rings (SSSR count). The zero-order valence-corrected chi connectivity index (χ0v) is 17.2. The first-order chi connectivity index (χ1) is 13.2. The number of nitrogens with zero attached hydrogens (tertiary/aromatic N) is 2. The number of methoxy groups -OCH3 is 1. The maximum atomic E-state index is 12.9. The van der Waals surface area contributed by atoms with E-state index in [1.165, 1.54) is 24.5 Å². The number of hydrogen-bond donors (Lipinski definition) is 0. The average Bonchev–Trinajstić information content (AvgIpc) is 3.11. The predicted octanol–water partition coefficient (Wildman–Crippen LogP) is 2.30. The fourth-order valence-electron chi connectivity index (χ4n) is 3.11. The molecule has 0 fully saturated rings. The lowest BCUT2D eigenvalue weighted by molar-refractivity contribution is -0.124. The van der Waals surface area contributed by atoms with E-state index in [4.69, 9.17) is 9.47 Å². The van der Waals surface area contributed by atoms with Crippen LogP contribution in [0.15, 0.2) is 47.4 Å². The molecule has 2 aromatic carbocycles. The Hall–Kier alpha value is -2.58. The van der Waals surface area contributed by atoms with Crippen LogP contribution in [0.1, 0.15) is 12.5 Å². The van der Waals surface area contributed by atoms with Gasteiger partial charge in [0.1, 0.15) is 11.5 Å². The number of anilines is 1. The van der Waals surface area contributed by atoms with E-state index in [9.17, 15) is 13.2 Å². The third-order valence-electron chi connectivity index (χ3n) is 4.71. The number of carbonyl (C=O) groups is 1. The summed E-state index contributed by atoms with van der Waals surface area (Å²) in [5.41, 5.74) is 1.57. The Morgan fingerprint density at radius 3 is 2.36 bits per heavy atom. The van der Waals surface area contributed by atoms with Crippen molar-refractivity contribution in [2.24, 2.45) is 0 Å². The van der Waals surface area contributed by atoms with Gasteiger partial charge in [0.15, 0.2) is 6.10 Å². The fraction of sp³-hybridized carbons (Fsp3) is 0.350. The van der Waals surface area contributed by atoms with E-state index >= 15 is 0 Å². The number of carbonyl (C=O) groups excluding carboxylic acids is 1. The average molecular weight is 404 g/mol. The summed E-state index contributed by atoms with van der Waals surface area (Å²) in [4.78, 5) is 14.8. The molecule has 0 N–H and O–H groups in total. The molecule has 8 heteroatoms. The lowest BCUT2D eigenvalue weighted by atomic mass is 10.2. The predicted molar refractivity (Wildman–Crippen MR) is 106 cm³/mol. The van der Waals surface area contributed by atoms with Gasteiger partial charge in [-0.3, -0.25) is 4.79 Å². The number of benzene rings is 2. The minimum atomic E-state index is -3.50. The first kappa shape index (κ1) is 20.2. The maximum Gasteiger partial charge on any atom is 0.267 e. The largest absolute Gasteiger partial charge is 0.497 e. The smallest absolute Gasteiger partial charge is 0.267 e. The lowest BCUT2D eigenvalue weighted by Gasteiger charge is -2.22. The molecule has 28 heavy (non-hydrogen) atoms. The number of rotatable bonds is 6. The van der Waals surface area contributed by atoms with Crippen molar-refractivity contribution in [2.45, 2.75) is 24.3 Å². The van der Waals surface area contributed by atoms with Gasteiger partial charge < -0.3 is 14.4 Å². The summed E-state index contributed by atoms with van der Waals surface area (Å²) >= 11 is 0. The third-order valence-corrected chi connectivity index (χ3v) is 6.52. The number of fused-ring (bicyclic) bond motifs is 1. The van der Waals surface area contributed by atoms with Crippen LogP contribution in [0.2, 0.25) is 0 Å². The van der Waals surface area contributed by atoms with Crippen molar-refractivity contribution in [3.63, 3.8) is 0 Å². The molecule has 1 aliphatic rings. The second kappa shape index (κ2) is 7.81. The van der Waals surface area contributed by atoms with Gasteiger partial charge in [0.05, 0.1) is 12.0 Å². The summed E-state index contributed by atoms with van der Waals surface area (Å²) in [5, 5.41) is 0. The van der Waals surface area contributed by atoms with E-state index in [-0.39, 0.29) is 10.8 Å². The molecule has 1 aliphatic heterocycles. The SMILES string of the molecule is COc1ccc(OC(C)C(=O)N2CCc3cc(S(=O)(=O)N(C)C)ccc32)cc1. The van der Waals surface area contributed by atoms with E-state index in [0.29, 0.717) is 24.5 Å². The van der Waals surface area contributed by atoms with Gasteiger partial charge in [-0.25, -0.2) is 12.7 Å². The number of amides is 1. The van der Waals surface area contributed by atoms with Crippen LogP contribution in [-0.4, -0.2) is 52.5 Å². The highest BCUT2D eigenvalue weighted by Crippen LogP contribution is 2.31. The normalized spacial score (nSPS) is 14.7. The molecular weight excluding hydrogens is 380 g/mol. The minimum Gasteiger partial charge on any atom is -0.497 e. The summed E-state index contributed by atoms with van der Waals surface area (Å²) in [6.45, 7) is 2.20. The van der Waals surface area contributed by atoms with Gasteiger partial charge in [-0.2, -0.15) is 0 Å². The number of ether oxygens (including phenoxy) is 2. The van der Waals surface area contributed by atoms with Gasteiger partial charge in [0.2, 0.25) is 10.0 Å². The van der Waals surface area contributed by atoms with Crippen molar-refractivity contribution in [3.05, 3.63) is 48.0 Å². The van der Waals surface area contributed by atoms with E-state index < -0.39 is 16.1 Å². The van der Waals surface area contributed by atoms with Crippen molar-refractivity contribution in [1.29, 1.82) is 0 Å². The standard InChI is InChI=1S/C20H24N2O5S/c1-14(27-17-7-5-16(26-4)6-8-17)20(23)22-12-11-15-13-18(9-10-19(15)22)28(24,25)21(2)3/h5-10,13-14H,11-12H2,1-4H3. The Labute approximate surface area is 165 Å². The summed E-state index contributed by atoms with van der Waals surface area (Å²) in [5.74, 6) is 1.12. The first-order valence-electron chi connectivity index (χ1n) is 8.91. The van der Waals surface area contributed by atoms with Gasteiger partial charge >= 0.3 is 0 Å². The van der Waals surface area contributed by atoms with Gasteiger partial charge in [0.25, 0.3) is 5.91 Å². The third kappa shape index (κ3) is 3.83. The topological polar surface area (TPSA) is 76.1 Å². The van der Waals surface area contributed by atoms with Gasteiger partial charge in [-0.15, -0.1) is 0 Å². The highest BCUT2D eigenvalue weighted by molar-refractivity contribution is 7.89. The van der Waals surface area contributed by atoms with Crippen molar-refractivity contribution >= 4 is 21.6 Å². The van der Waals surface area contributed by atoms with Crippen LogP contribution in [0, 0.1) is 0 Å². The Bertz CT molecular complexity index is 971. The van der Waals surface area contributed by atoms with Crippen molar-refractivity contribution in [1.82, 2.24) is 4.31 Å². The Morgan fingerprint density at radius 1 is 1.11 bits per heavy atom. The van der Waals surface area contributed by atoms with Crippen molar-refractivity contribution in [2.75, 3.05) is 32.6 Å². The van der Waals surface area contributed by atoms with Crippen LogP contribution in [0.4, 0.5) is 5.69 Å². The molecule has 150 valence electrons. The molecule has 7 nitrogen and oxygen atoms in total. The van der Waals surface area contributed by atoms with Crippen LogP contribution in [0.5, 0.6) is 11.5 Å². The first-order valence-corrected chi connectivity index (χ1v) is 10.4. The van der Waals surface area contributed by atoms with Gasteiger partial charge in [-0.1, -0.05) is 0 Å². The summed E-state index contributed by atoms with van der Waals surface area (Å²) < 4.78 is 36.7. The monoisotopic (exact) mass is 404 g/mol. The second-order valence-electron chi connectivity index (χ2n) is 6.75. The maximum absolute atomic E-state index is 12.9. The molecule has 1 atom stereocenters. The molecule has 0 bridgehead atoms. The highest BCUT2D eigenvalue weighted by Gasteiger charge is 2.30.